The SMILES string of the molecule is CC/C=C\C/C=C\C/C=C\C/C=C\CCCCCCC(=O)OC[C@H](COP(=O)(O)O[C@H]1C(O)C(O)C(O)[C@@H](OP(=O)(O)O)C1O)OC(=O)CCC/C=C/C/C=C\C[C@@H](O)/C=C\C=C/CCCCC. The summed E-state index contributed by atoms with van der Waals surface area (Å²) in [5.41, 5.74) is 0. The molecule has 1 saturated carbocycles. The van der Waals surface area contributed by atoms with Crippen LogP contribution in [-0.4, -0.2) is 114 Å². The van der Waals surface area contributed by atoms with Gasteiger partial charge < -0.3 is 49.7 Å². The topological polar surface area (TPSA) is 276 Å². The fraction of sp³-hybridized carbons (Fsp3) is 0.633. The van der Waals surface area contributed by atoms with E-state index in [-0.39, 0.29) is 12.8 Å². The van der Waals surface area contributed by atoms with Crippen molar-refractivity contribution in [2.24, 2.45) is 0 Å². The highest BCUT2D eigenvalue weighted by atomic mass is 31.2. The van der Waals surface area contributed by atoms with Gasteiger partial charge in [0.25, 0.3) is 0 Å². The number of allylic oxidation sites excluding steroid dienone is 14. The first-order valence-corrected chi connectivity index (χ1v) is 26.9. The number of rotatable bonds is 38. The molecule has 8 N–H and O–H groups in total. The summed E-state index contributed by atoms with van der Waals surface area (Å²) in [4.78, 5) is 54.3. The fourth-order valence-electron chi connectivity index (χ4n) is 6.50. The first kappa shape index (κ1) is 62.9. The molecule has 5 unspecified atom stereocenters. The van der Waals surface area contributed by atoms with E-state index in [4.69, 9.17) is 18.5 Å². The van der Waals surface area contributed by atoms with Crippen molar-refractivity contribution in [2.45, 2.75) is 185 Å². The van der Waals surface area contributed by atoms with Crippen LogP contribution >= 0.6 is 15.6 Å². The van der Waals surface area contributed by atoms with Gasteiger partial charge in [0.15, 0.2) is 6.10 Å². The zero-order valence-electron chi connectivity index (χ0n) is 39.9. The second-order valence-corrected chi connectivity index (χ2v) is 18.9. The van der Waals surface area contributed by atoms with Crippen molar-refractivity contribution >= 4 is 27.6 Å². The zero-order valence-corrected chi connectivity index (χ0v) is 41.6. The van der Waals surface area contributed by atoms with Crippen LogP contribution in [0.3, 0.4) is 0 Å². The van der Waals surface area contributed by atoms with Crippen molar-refractivity contribution in [2.75, 3.05) is 13.2 Å². The molecule has 0 aromatic rings. The molecule has 68 heavy (non-hydrogen) atoms. The standard InChI is InChI=1S/C49H80O17P2/c1-3-5-7-9-11-12-13-14-15-16-17-18-19-20-24-28-32-36-42(51)62-38-41(39-63-68(60,61)66-49-46(55)44(53)45(54)48(47(49)56)65-67(57,58)59)64-43(52)37-33-29-25-21-23-27-31-35-40(50)34-30-26-22-10-8-6-4-2/h5,7,11-12,14-15,17-18,21-22,25-27,30-31,34,40-41,44-50,53-56H,3-4,6,8-10,13,16,19-20,23-24,28-29,32-33,35-39H2,1-2H3,(H,60,61)(H2,57,58,59)/b7-5-,12-11-,15-14-,18-17-,25-21+,26-22-,31-27-,34-30-/t40-,41+,44?,45?,46?,47?,48+,49-/m0/s1. The third-order valence-electron chi connectivity index (χ3n) is 10.2. The van der Waals surface area contributed by atoms with Gasteiger partial charge in [-0.15, -0.1) is 0 Å². The first-order chi connectivity index (χ1) is 32.5. The summed E-state index contributed by atoms with van der Waals surface area (Å²) in [5, 5.41) is 51.4. The summed E-state index contributed by atoms with van der Waals surface area (Å²) >= 11 is 0. The number of phosphoric acid groups is 2. The van der Waals surface area contributed by atoms with Gasteiger partial charge in [-0.1, -0.05) is 137 Å². The van der Waals surface area contributed by atoms with Crippen LogP contribution in [0.15, 0.2) is 97.2 Å². The molecule has 1 aliphatic rings. The van der Waals surface area contributed by atoms with Crippen LogP contribution in [0.2, 0.25) is 0 Å². The van der Waals surface area contributed by atoms with Gasteiger partial charge >= 0.3 is 27.6 Å². The summed E-state index contributed by atoms with van der Waals surface area (Å²) < 4.78 is 49.3. The van der Waals surface area contributed by atoms with Gasteiger partial charge in [-0.3, -0.25) is 23.2 Å². The van der Waals surface area contributed by atoms with E-state index in [0.29, 0.717) is 32.1 Å². The normalized spacial score (nSPS) is 22.6. The number of esters is 2. The second-order valence-electron chi connectivity index (χ2n) is 16.3. The molecule has 1 fully saturated rings. The average Bonchev–Trinajstić information content (AvgIpc) is 3.29. The van der Waals surface area contributed by atoms with Crippen molar-refractivity contribution in [3.8, 4) is 0 Å². The molecule has 0 saturated heterocycles. The minimum atomic E-state index is -5.39. The molecule has 0 aromatic carbocycles. The van der Waals surface area contributed by atoms with Crippen molar-refractivity contribution in [1.82, 2.24) is 0 Å². The molecule has 17 nitrogen and oxygen atoms in total. The Kier molecular flexibility index (Phi) is 35.7. The molecule has 0 amide bonds. The lowest BCUT2D eigenvalue weighted by Crippen LogP contribution is -2.64. The van der Waals surface area contributed by atoms with Gasteiger partial charge in [-0.2, -0.15) is 0 Å². The van der Waals surface area contributed by atoms with Gasteiger partial charge in [-0.05, 0) is 83.5 Å². The van der Waals surface area contributed by atoms with E-state index in [1.807, 2.05) is 36.5 Å². The number of hydrogen-bond acceptors (Lipinski definition) is 14. The molecule has 0 radical (unpaired) electrons. The number of carbonyl (C=O) groups is 2. The molecule has 0 heterocycles. The summed E-state index contributed by atoms with van der Waals surface area (Å²) in [6, 6.07) is 0. The average molecular weight is 1000 g/mol. The third-order valence-corrected chi connectivity index (χ3v) is 11.7. The predicted molar refractivity (Wildman–Crippen MR) is 261 cm³/mol. The highest BCUT2D eigenvalue weighted by Crippen LogP contribution is 2.49. The van der Waals surface area contributed by atoms with Gasteiger partial charge in [0.2, 0.25) is 0 Å². The zero-order chi connectivity index (χ0) is 50.5. The lowest BCUT2D eigenvalue weighted by Gasteiger charge is -2.43. The Morgan fingerprint density at radius 2 is 1.09 bits per heavy atom. The van der Waals surface area contributed by atoms with Crippen LogP contribution in [-0.2, 0) is 41.8 Å². The number of phosphoric ester groups is 2. The van der Waals surface area contributed by atoms with E-state index in [9.17, 15) is 58.9 Å². The predicted octanol–water partition coefficient (Wildman–Crippen LogP) is 8.14. The Labute approximate surface area is 403 Å². The van der Waals surface area contributed by atoms with E-state index in [1.54, 1.807) is 6.08 Å². The molecular weight excluding hydrogens is 922 g/mol. The Morgan fingerprint density at radius 1 is 0.559 bits per heavy atom. The van der Waals surface area contributed by atoms with Crippen molar-refractivity contribution in [1.29, 1.82) is 0 Å². The van der Waals surface area contributed by atoms with E-state index < -0.39 is 89.6 Å². The number of aliphatic hydroxyl groups is 5. The molecule has 0 bridgehead atoms. The van der Waals surface area contributed by atoms with Crippen LogP contribution in [0.5, 0.6) is 0 Å². The minimum Gasteiger partial charge on any atom is -0.462 e. The lowest BCUT2D eigenvalue weighted by atomic mass is 9.85. The Balaban J connectivity index is 2.68. The van der Waals surface area contributed by atoms with E-state index in [2.05, 4.69) is 73.1 Å². The van der Waals surface area contributed by atoms with E-state index >= 15 is 0 Å². The summed E-state index contributed by atoms with van der Waals surface area (Å²) in [6.07, 6.45) is 31.0. The fourth-order valence-corrected chi connectivity index (χ4v) is 8.04. The Bertz CT molecular complexity index is 1700. The number of unbranched alkanes of at least 4 members (excludes halogenated alkanes) is 8. The van der Waals surface area contributed by atoms with Crippen LogP contribution in [0, 0.1) is 0 Å². The quantitative estimate of drug-likeness (QED) is 0.00953. The summed E-state index contributed by atoms with van der Waals surface area (Å²) in [5.74, 6) is -1.35. The summed E-state index contributed by atoms with van der Waals surface area (Å²) in [6.45, 7) is 2.81. The number of hydrogen-bond donors (Lipinski definition) is 8. The Morgan fingerprint density at radius 3 is 1.71 bits per heavy atom. The largest absolute Gasteiger partial charge is 0.472 e. The molecule has 0 aliphatic heterocycles. The van der Waals surface area contributed by atoms with Crippen molar-refractivity contribution in [3.63, 3.8) is 0 Å². The maximum atomic E-state index is 13.0. The maximum Gasteiger partial charge on any atom is 0.472 e. The number of ether oxygens (including phenoxy) is 2. The van der Waals surface area contributed by atoms with Crippen LogP contribution < -0.4 is 0 Å². The summed E-state index contributed by atoms with van der Waals surface area (Å²) in [7, 11) is -10.7. The van der Waals surface area contributed by atoms with E-state index in [0.717, 1.165) is 64.2 Å². The number of carbonyl (C=O) groups excluding carboxylic acids is 2. The molecule has 1 aliphatic carbocycles. The molecule has 9 atom stereocenters. The minimum absolute atomic E-state index is 0.0621. The highest BCUT2D eigenvalue weighted by Gasteiger charge is 2.54. The molecule has 19 heteroatoms. The third kappa shape index (κ3) is 32.6. The van der Waals surface area contributed by atoms with Gasteiger partial charge in [-0.25, -0.2) is 9.13 Å². The van der Waals surface area contributed by atoms with Crippen molar-refractivity contribution < 1.29 is 82.0 Å². The highest BCUT2D eigenvalue weighted by molar-refractivity contribution is 7.47. The van der Waals surface area contributed by atoms with Crippen LogP contribution in [0.25, 0.3) is 0 Å². The monoisotopic (exact) mass is 1000 g/mol. The smallest absolute Gasteiger partial charge is 0.462 e. The molecule has 388 valence electrons. The molecule has 0 aromatic heterocycles. The second kappa shape index (κ2) is 38.6. The molecular formula is C49H80O17P2. The van der Waals surface area contributed by atoms with Gasteiger partial charge in [0, 0.05) is 12.8 Å². The van der Waals surface area contributed by atoms with Crippen LogP contribution in [0.4, 0.5) is 0 Å². The lowest BCUT2D eigenvalue weighted by molar-refractivity contribution is -0.216. The van der Waals surface area contributed by atoms with Gasteiger partial charge in [0.05, 0.1) is 12.7 Å². The Hall–Kier alpha value is -3.12. The molecule has 0 spiro atoms. The maximum absolute atomic E-state index is 13.0. The van der Waals surface area contributed by atoms with Crippen LogP contribution in [0.1, 0.15) is 136 Å². The van der Waals surface area contributed by atoms with Crippen molar-refractivity contribution in [3.05, 3.63) is 97.2 Å². The number of aliphatic hydroxyl groups excluding tert-OH is 5. The first-order valence-electron chi connectivity index (χ1n) is 23.9. The van der Waals surface area contributed by atoms with Gasteiger partial charge in [0.1, 0.15) is 43.2 Å². The molecule has 1 rings (SSSR count). The van der Waals surface area contributed by atoms with E-state index in [1.165, 1.54) is 12.8 Å².